The number of ether oxygens (including phenoxy) is 1. The molecule has 0 N–H and O–H groups in total. The fraction of sp³-hybridized carbons (Fsp3) is 0.360. The summed E-state index contributed by atoms with van der Waals surface area (Å²) in [7, 11) is 1.54. The lowest BCUT2D eigenvalue weighted by atomic mass is 9.69. The minimum absolute atomic E-state index is 0.0341. The van der Waals surface area contributed by atoms with E-state index in [1.54, 1.807) is 13.2 Å². The molecule has 2 aliphatic rings. The maximum Gasteiger partial charge on any atom is 0.416 e. The molecule has 1 unspecified atom stereocenters. The number of Topliss-reactive ketones (excluding diaryl/α,β-unsaturated/α-hetero) is 1. The highest BCUT2D eigenvalue weighted by Gasteiger charge is 2.45. The Kier molecular flexibility index (Phi) is 5.39. The van der Waals surface area contributed by atoms with Crippen LogP contribution in [-0.4, -0.2) is 18.8 Å². The Morgan fingerprint density at radius 3 is 2.28 bits per heavy atom. The van der Waals surface area contributed by atoms with E-state index >= 15 is 0 Å². The van der Waals surface area contributed by atoms with Crippen LogP contribution in [0.25, 0.3) is 0 Å². The number of alkyl halides is 3. The van der Waals surface area contributed by atoms with Gasteiger partial charge in [0, 0.05) is 41.3 Å². The first-order chi connectivity index (χ1) is 15.0. The number of benzene rings is 2. The van der Waals surface area contributed by atoms with Crippen molar-refractivity contribution >= 4 is 17.4 Å². The average Bonchev–Trinajstić information content (AvgIpc) is 2.71. The third-order valence-electron chi connectivity index (χ3n) is 6.11. The lowest BCUT2D eigenvalue weighted by Gasteiger charge is -2.43. The zero-order chi connectivity index (χ0) is 23.3. The van der Waals surface area contributed by atoms with Crippen LogP contribution in [0.1, 0.15) is 50.2 Å². The summed E-state index contributed by atoms with van der Waals surface area (Å²) in [6, 6.07) is 11.8. The van der Waals surface area contributed by atoms with Crippen LogP contribution >= 0.6 is 0 Å². The molecule has 7 heteroatoms. The number of hydrogen-bond acceptors (Lipinski definition) is 3. The summed E-state index contributed by atoms with van der Waals surface area (Å²) in [6.45, 7) is 3.91. The maximum absolute atomic E-state index is 13.3. The van der Waals surface area contributed by atoms with Gasteiger partial charge in [-0.25, -0.2) is 0 Å². The molecule has 32 heavy (non-hydrogen) atoms. The number of para-hydroxylation sites is 1. The first kappa shape index (κ1) is 22.1. The van der Waals surface area contributed by atoms with Gasteiger partial charge in [0.25, 0.3) is 0 Å². The Morgan fingerprint density at radius 2 is 1.66 bits per heavy atom. The van der Waals surface area contributed by atoms with Gasteiger partial charge in [-0.3, -0.25) is 14.5 Å². The molecule has 1 aliphatic carbocycles. The molecule has 2 aromatic carbocycles. The first-order valence-corrected chi connectivity index (χ1v) is 10.4. The Balaban J connectivity index is 1.87. The van der Waals surface area contributed by atoms with Gasteiger partial charge in [-0.05, 0) is 42.2 Å². The molecule has 1 amide bonds. The van der Waals surface area contributed by atoms with Gasteiger partial charge in [0.05, 0.1) is 12.7 Å². The van der Waals surface area contributed by atoms with Crippen LogP contribution < -0.4 is 9.64 Å². The summed E-state index contributed by atoms with van der Waals surface area (Å²) in [5.41, 5.74) is 1.05. The van der Waals surface area contributed by atoms with Crippen LogP contribution in [0.3, 0.4) is 0 Å². The Bertz CT molecular complexity index is 1100. The van der Waals surface area contributed by atoms with E-state index in [1.807, 2.05) is 32.0 Å². The molecule has 0 bridgehead atoms. The summed E-state index contributed by atoms with van der Waals surface area (Å²) in [5.74, 6) is -0.165. The largest absolute Gasteiger partial charge is 0.496 e. The Hall–Kier alpha value is -3.09. The van der Waals surface area contributed by atoms with Gasteiger partial charge in [0.1, 0.15) is 5.75 Å². The predicted molar refractivity (Wildman–Crippen MR) is 114 cm³/mol. The number of anilines is 1. The van der Waals surface area contributed by atoms with Gasteiger partial charge in [-0.2, -0.15) is 13.2 Å². The second-order valence-electron chi connectivity index (χ2n) is 9.07. The van der Waals surface area contributed by atoms with Gasteiger partial charge >= 0.3 is 6.18 Å². The van der Waals surface area contributed by atoms with E-state index in [2.05, 4.69) is 0 Å². The van der Waals surface area contributed by atoms with Gasteiger partial charge in [-0.15, -0.1) is 0 Å². The zero-order valence-corrected chi connectivity index (χ0v) is 18.1. The van der Waals surface area contributed by atoms with E-state index in [4.69, 9.17) is 4.74 Å². The summed E-state index contributed by atoms with van der Waals surface area (Å²) in [5, 5.41) is 0. The normalized spacial score (nSPS) is 20.9. The first-order valence-electron chi connectivity index (χ1n) is 10.4. The fourth-order valence-corrected chi connectivity index (χ4v) is 4.73. The van der Waals surface area contributed by atoms with Gasteiger partial charge < -0.3 is 4.74 Å². The molecule has 1 heterocycles. The fourth-order valence-electron chi connectivity index (χ4n) is 4.73. The number of methoxy groups -OCH3 is 1. The lowest BCUT2D eigenvalue weighted by molar-refractivity contribution is -0.137. The number of ketones is 1. The molecule has 168 valence electrons. The van der Waals surface area contributed by atoms with Crippen molar-refractivity contribution < 1.29 is 27.5 Å². The number of allylic oxidation sites excluding steroid dienone is 2. The maximum atomic E-state index is 13.3. The molecule has 1 atom stereocenters. The molecule has 0 saturated heterocycles. The number of carbonyl (C=O) groups excluding carboxylic acids is 2. The van der Waals surface area contributed by atoms with E-state index in [0.29, 0.717) is 35.5 Å². The monoisotopic (exact) mass is 443 g/mol. The SMILES string of the molecule is COc1ccccc1C1CC(=O)N(c2ccc(C(F)(F)F)cc2)C2=C1C(=O)CC(C)(C)C2. The predicted octanol–water partition coefficient (Wildman–Crippen LogP) is 5.88. The van der Waals surface area contributed by atoms with Gasteiger partial charge in [0.15, 0.2) is 5.78 Å². The molecular formula is C25H24F3NO3. The number of rotatable bonds is 3. The molecular weight excluding hydrogens is 419 g/mol. The third-order valence-corrected chi connectivity index (χ3v) is 6.11. The molecule has 1 aliphatic heterocycles. The molecule has 4 rings (SSSR count). The van der Waals surface area contributed by atoms with E-state index < -0.39 is 17.7 Å². The van der Waals surface area contributed by atoms with Crippen molar-refractivity contribution in [3.8, 4) is 5.75 Å². The van der Waals surface area contributed by atoms with Crippen LogP contribution in [0.15, 0.2) is 59.8 Å². The standard InChI is InChI=1S/C25H24F3NO3/c1-24(2)13-19-23(20(30)14-24)18(17-6-4-5-7-21(17)32-3)12-22(31)29(19)16-10-8-15(9-11-16)25(26,27)28/h4-11,18H,12-14H2,1-3H3. The molecule has 0 fully saturated rings. The molecule has 2 aromatic rings. The van der Waals surface area contributed by atoms with E-state index in [9.17, 15) is 22.8 Å². The Labute approximate surface area is 184 Å². The number of carbonyl (C=O) groups is 2. The summed E-state index contributed by atoms with van der Waals surface area (Å²) in [4.78, 5) is 28.1. The van der Waals surface area contributed by atoms with Crippen LogP contribution in [0.5, 0.6) is 5.75 Å². The summed E-state index contributed by atoms with van der Waals surface area (Å²) < 4.78 is 44.6. The Morgan fingerprint density at radius 1 is 1.00 bits per heavy atom. The van der Waals surface area contributed by atoms with Crippen LogP contribution in [0, 0.1) is 5.41 Å². The highest BCUT2D eigenvalue weighted by molar-refractivity contribution is 6.08. The number of hydrogen-bond donors (Lipinski definition) is 0. The van der Waals surface area contributed by atoms with Crippen molar-refractivity contribution in [1.82, 2.24) is 0 Å². The quantitative estimate of drug-likeness (QED) is 0.595. The minimum Gasteiger partial charge on any atom is -0.496 e. The highest BCUT2D eigenvalue weighted by Crippen LogP contribution is 2.49. The zero-order valence-electron chi connectivity index (χ0n) is 18.1. The van der Waals surface area contributed by atoms with E-state index in [0.717, 1.165) is 17.7 Å². The smallest absolute Gasteiger partial charge is 0.416 e. The third kappa shape index (κ3) is 3.92. The van der Waals surface area contributed by atoms with E-state index in [1.165, 1.54) is 17.0 Å². The molecule has 0 spiro atoms. The minimum atomic E-state index is -4.47. The van der Waals surface area contributed by atoms with Crippen LogP contribution in [0.4, 0.5) is 18.9 Å². The number of nitrogens with zero attached hydrogens (tertiary/aromatic N) is 1. The second-order valence-corrected chi connectivity index (χ2v) is 9.07. The van der Waals surface area contributed by atoms with Crippen LogP contribution in [0.2, 0.25) is 0 Å². The average molecular weight is 443 g/mol. The van der Waals surface area contributed by atoms with Gasteiger partial charge in [-0.1, -0.05) is 32.0 Å². The van der Waals surface area contributed by atoms with Crippen molar-refractivity contribution in [3.63, 3.8) is 0 Å². The molecule has 0 aromatic heterocycles. The van der Waals surface area contributed by atoms with Crippen molar-refractivity contribution in [3.05, 3.63) is 70.9 Å². The van der Waals surface area contributed by atoms with Gasteiger partial charge in [0.2, 0.25) is 5.91 Å². The van der Waals surface area contributed by atoms with Crippen molar-refractivity contribution in [2.45, 2.75) is 45.2 Å². The van der Waals surface area contributed by atoms with Crippen molar-refractivity contribution in [2.24, 2.45) is 5.41 Å². The molecule has 4 nitrogen and oxygen atoms in total. The topological polar surface area (TPSA) is 46.6 Å². The number of amides is 1. The lowest BCUT2D eigenvalue weighted by Crippen LogP contribution is -2.43. The van der Waals surface area contributed by atoms with E-state index in [-0.39, 0.29) is 23.5 Å². The highest BCUT2D eigenvalue weighted by atomic mass is 19.4. The molecule has 0 saturated carbocycles. The van der Waals surface area contributed by atoms with Crippen LogP contribution in [-0.2, 0) is 15.8 Å². The number of halogens is 3. The molecule has 0 radical (unpaired) electrons. The second kappa shape index (κ2) is 7.80. The van der Waals surface area contributed by atoms with Crippen molar-refractivity contribution in [2.75, 3.05) is 12.0 Å². The summed E-state index contributed by atoms with van der Waals surface area (Å²) in [6.07, 6.45) is -3.63. The van der Waals surface area contributed by atoms with Crippen molar-refractivity contribution in [1.29, 1.82) is 0 Å². The summed E-state index contributed by atoms with van der Waals surface area (Å²) >= 11 is 0.